The van der Waals surface area contributed by atoms with Gasteiger partial charge in [-0.05, 0) is 63.0 Å². The maximum absolute atomic E-state index is 12.9. The lowest BCUT2D eigenvalue weighted by molar-refractivity contribution is -0.138. The first-order valence-electron chi connectivity index (χ1n) is 15.6. The van der Waals surface area contributed by atoms with Crippen molar-refractivity contribution in [2.75, 3.05) is 25.4 Å². The number of rotatable bonds is 16. The Kier molecular flexibility index (Phi) is 13.8. The normalized spacial score (nSPS) is 12.2. The van der Waals surface area contributed by atoms with E-state index in [1.807, 2.05) is 32.5 Å². The van der Waals surface area contributed by atoms with Crippen LogP contribution >= 0.6 is 11.8 Å². The predicted molar refractivity (Wildman–Crippen MR) is 182 cm³/mol. The SMILES string of the molecule is C[C@H](NC(=O)NCCN(CCCCCCSC(c1ccccc1)(c1ccccc1)c1ccccc1)C(=O)OC(C)(C)C)C(=O)O. The summed E-state index contributed by atoms with van der Waals surface area (Å²) >= 11 is 1.96. The number of amides is 3. The molecule has 0 unspecified atom stereocenters. The van der Waals surface area contributed by atoms with E-state index in [0.717, 1.165) is 31.4 Å². The van der Waals surface area contributed by atoms with E-state index in [1.54, 1.807) is 4.90 Å². The lowest BCUT2D eigenvalue weighted by Crippen LogP contribution is -2.47. The number of thioether (sulfide) groups is 1. The highest BCUT2D eigenvalue weighted by Crippen LogP contribution is 2.48. The number of aliphatic carboxylic acids is 1. The van der Waals surface area contributed by atoms with E-state index in [4.69, 9.17) is 9.84 Å². The van der Waals surface area contributed by atoms with Crippen LogP contribution in [0.4, 0.5) is 9.59 Å². The molecule has 0 aliphatic carbocycles. The second-order valence-corrected chi connectivity index (χ2v) is 13.3. The largest absolute Gasteiger partial charge is 0.480 e. The van der Waals surface area contributed by atoms with Crippen molar-refractivity contribution in [2.45, 2.75) is 69.8 Å². The molecule has 0 spiro atoms. The minimum atomic E-state index is -1.12. The first kappa shape index (κ1) is 35.5. The Morgan fingerprint density at radius 1 is 0.778 bits per heavy atom. The van der Waals surface area contributed by atoms with E-state index in [-0.39, 0.29) is 17.8 Å². The topological polar surface area (TPSA) is 108 Å². The summed E-state index contributed by atoms with van der Waals surface area (Å²) in [5.41, 5.74) is 3.11. The molecule has 0 aromatic heterocycles. The summed E-state index contributed by atoms with van der Waals surface area (Å²) in [5, 5.41) is 14.0. The third-order valence-electron chi connectivity index (χ3n) is 7.22. The first-order chi connectivity index (χ1) is 21.5. The van der Waals surface area contributed by atoms with Crippen LogP contribution in [0.25, 0.3) is 0 Å². The highest BCUT2D eigenvalue weighted by Gasteiger charge is 2.36. The van der Waals surface area contributed by atoms with Gasteiger partial charge in [-0.15, -0.1) is 11.8 Å². The molecular formula is C36H47N3O5S. The number of nitrogens with one attached hydrogen (secondary N) is 2. The number of carbonyl (C=O) groups excluding carboxylic acids is 2. The zero-order chi connectivity index (χ0) is 32.7. The number of benzene rings is 3. The summed E-state index contributed by atoms with van der Waals surface area (Å²) in [4.78, 5) is 37.5. The van der Waals surface area contributed by atoms with Crippen molar-refractivity contribution >= 4 is 29.9 Å². The summed E-state index contributed by atoms with van der Waals surface area (Å²) in [6.45, 7) is 7.78. The maximum atomic E-state index is 12.9. The molecule has 3 N–H and O–H groups in total. The van der Waals surface area contributed by atoms with Crippen molar-refractivity contribution in [1.29, 1.82) is 0 Å². The highest BCUT2D eigenvalue weighted by atomic mass is 32.2. The quantitative estimate of drug-likeness (QED) is 0.113. The molecule has 0 aliphatic rings. The van der Waals surface area contributed by atoms with Gasteiger partial charge in [0.2, 0.25) is 0 Å². The van der Waals surface area contributed by atoms with Crippen molar-refractivity contribution < 1.29 is 24.2 Å². The Morgan fingerprint density at radius 2 is 1.27 bits per heavy atom. The Hall–Kier alpha value is -3.98. The van der Waals surface area contributed by atoms with Gasteiger partial charge in [0.1, 0.15) is 11.6 Å². The highest BCUT2D eigenvalue weighted by molar-refractivity contribution is 8.00. The van der Waals surface area contributed by atoms with E-state index in [0.29, 0.717) is 6.54 Å². The van der Waals surface area contributed by atoms with Gasteiger partial charge in [-0.1, -0.05) is 104 Å². The van der Waals surface area contributed by atoms with Crippen LogP contribution in [-0.4, -0.2) is 65.1 Å². The van der Waals surface area contributed by atoms with Crippen LogP contribution in [-0.2, 0) is 14.3 Å². The average Bonchev–Trinajstić information content (AvgIpc) is 3.02. The standard InChI is InChI=1S/C36H47N3O5S/c1-28(32(40)41)38-33(42)37-24-26-39(34(43)44-35(2,3)4)25-16-5-6-17-27-45-36(29-18-10-7-11-19-29,30-20-12-8-13-21-30)31-22-14-9-15-23-31/h7-15,18-23,28H,5-6,16-17,24-27H2,1-4H3,(H,40,41)(H2,37,38,42)/t28-/m0/s1. The molecule has 9 heteroatoms. The van der Waals surface area contributed by atoms with Gasteiger partial charge in [-0.25, -0.2) is 9.59 Å². The molecule has 1 atom stereocenters. The van der Waals surface area contributed by atoms with Crippen molar-refractivity contribution in [3.8, 4) is 0 Å². The molecule has 242 valence electrons. The number of nitrogens with zero attached hydrogens (tertiary/aromatic N) is 1. The number of carboxylic acids is 1. The van der Waals surface area contributed by atoms with Crippen LogP contribution in [0.15, 0.2) is 91.0 Å². The smallest absolute Gasteiger partial charge is 0.410 e. The van der Waals surface area contributed by atoms with Gasteiger partial charge in [0, 0.05) is 19.6 Å². The average molecular weight is 634 g/mol. The fraction of sp³-hybridized carbons (Fsp3) is 0.417. The lowest BCUT2D eigenvalue weighted by atomic mass is 9.84. The van der Waals surface area contributed by atoms with Gasteiger partial charge in [0.15, 0.2) is 0 Å². The van der Waals surface area contributed by atoms with Crippen LogP contribution in [0.3, 0.4) is 0 Å². The van der Waals surface area contributed by atoms with Crippen LogP contribution < -0.4 is 10.6 Å². The molecule has 3 aromatic carbocycles. The molecule has 45 heavy (non-hydrogen) atoms. The molecule has 0 heterocycles. The molecule has 0 aliphatic heterocycles. The van der Waals surface area contributed by atoms with Crippen LogP contribution in [0.5, 0.6) is 0 Å². The fourth-order valence-corrected chi connectivity index (χ4v) is 6.55. The van der Waals surface area contributed by atoms with E-state index >= 15 is 0 Å². The van der Waals surface area contributed by atoms with Gasteiger partial charge in [-0.3, -0.25) is 4.79 Å². The van der Waals surface area contributed by atoms with Crippen LogP contribution in [0.2, 0.25) is 0 Å². The molecule has 0 saturated carbocycles. The number of hydrogen-bond donors (Lipinski definition) is 3. The molecule has 3 aromatic rings. The number of carbonyl (C=O) groups is 3. The molecule has 3 rings (SSSR count). The Balaban J connectivity index is 1.58. The van der Waals surface area contributed by atoms with Crippen LogP contribution in [0, 0.1) is 0 Å². The monoisotopic (exact) mass is 633 g/mol. The lowest BCUT2D eigenvalue weighted by Gasteiger charge is -2.35. The van der Waals surface area contributed by atoms with Crippen molar-refractivity contribution in [1.82, 2.24) is 15.5 Å². The summed E-state index contributed by atoms with van der Waals surface area (Å²) in [6, 6.07) is 30.4. The van der Waals surface area contributed by atoms with Gasteiger partial charge in [0.05, 0.1) is 4.75 Å². The molecule has 3 amide bonds. The van der Waals surface area contributed by atoms with Crippen LogP contribution in [0.1, 0.15) is 70.1 Å². The summed E-state index contributed by atoms with van der Waals surface area (Å²) in [5.74, 6) is -0.160. The Bertz CT molecular complexity index is 1240. The third-order valence-corrected chi connectivity index (χ3v) is 8.85. The van der Waals surface area contributed by atoms with E-state index in [1.165, 1.54) is 23.6 Å². The predicted octanol–water partition coefficient (Wildman–Crippen LogP) is 7.28. The number of ether oxygens (including phenoxy) is 1. The Morgan fingerprint density at radius 3 is 1.73 bits per heavy atom. The number of hydrogen-bond acceptors (Lipinski definition) is 5. The van der Waals surface area contributed by atoms with E-state index < -0.39 is 29.7 Å². The van der Waals surface area contributed by atoms with Gasteiger partial charge in [0.25, 0.3) is 0 Å². The van der Waals surface area contributed by atoms with Crippen molar-refractivity contribution in [3.63, 3.8) is 0 Å². The minimum Gasteiger partial charge on any atom is -0.480 e. The molecule has 0 bridgehead atoms. The third kappa shape index (κ3) is 11.2. The fourth-order valence-electron chi connectivity index (χ4n) is 4.99. The number of unbranched alkanes of at least 4 members (excludes halogenated alkanes) is 3. The summed E-state index contributed by atoms with van der Waals surface area (Å²) in [6.07, 6.45) is 3.34. The van der Waals surface area contributed by atoms with E-state index in [2.05, 4.69) is 102 Å². The first-order valence-corrected chi connectivity index (χ1v) is 16.6. The summed E-state index contributed by atoms with van der Waals surface area (Å²) < 4.78 is 5.26. The second-order valence-electron chi connectivity index (χ2n) is 12.0. The molecular weight excluding hydrogens is 586 g/mol. The van der Waals surface area contributed by atoms with E-state index in [9.17, 15) is 14.4 Å². The van der Waals surface area contributed by atoms with Gasteiger partial charge >= 0.3 is 18.1 Å². The number of urea groups is 1. The zero-order valence-corrected chi connectivity index (χ0v) is 27.6. The van der Waals surface area contributed by atoms with Crippen molar-refractivity contribution in [3.05, 3.63) is 108 Å². The Labute approximate surface area is 271 Å². The second kappa shape index (κ2) is 17.5. The van der Waals surface area contributed by atoms with Gasteiger partial charge in [-0.2, -0.15) is 0 Å². The summed E-state index contributed by atoms with van der Waals surface area (Å²) in [7, 11) is 0. The maximum Gasteiger partial charge on any atom is 0.410 e. The number of carboxylic acid groups (broad SMARTS) is 1. The molecule has 0 fully saturated rings. The molecule has 0 radical (unpaired) electrons. The van der Waals surface area contributed by atoms with Crippen molar-refractivity contribution in [2.24, 2.45) is 0 Å². The molecule has 0 saturated heterocycles. The zero-order valence-electron chi connectivity index (χ0n) is 26.8. The minimum absolute atomic E-state index is 0.175. The molecule has 8 nitrogen and oxygen atoms in total. The van der Waals surface area contributed by atoms with Gasteiger partial charge < -0.3 is 25.4 Å².